The molecule has 0 bridgehead atoms. The molecule has 168 valence electrons. The van der Waals surface area contributed by atoms with Crippen molar-refractivity contribution in [1.29, 1.82) is 0 Å². The number of para-hydroxylation sites is 1. The van der Waals surface area contributed by atoms with Crippen molar-refractivity contribution in [3.63, 3.8) is 0 Å². The second-order valence-corrected chi connectivity index (χ2v) is 8.02. The van der Waals surface area contributed by atoms with E-state index in [-0.39, 0.29) is 42.6 Å². The zero-order valence-electron chi connectivity index (χ0n) is 17.4. The minimum atomic E-state index is -0.259. The number of nitrogens with zero attached hydrogens (tertiary/aromatic N) is 3. The molecular formula is C21H32Cl2FN5O. The van der Waals surface area contributed by atoms with Gasteiger partial charge in [0.1, 0.15) is 11.3 Å². The van der Waals surface area contributed by atoms with Gasteiger partial charge in [-0.05, 0) is 63.7 Å². The second kappa shape index (κ2) is 11.3. The molecular weight excluding hydrogens is 428 g/mol. The summed E-state index contributed by atoms with van der Waals surface area (Å²) in [5.41, 5.74) is 1.33. The quantitative estimate of drug-likeness (QED) is 0.696. The lowest BCUT2D eigenvalue weighted by molar-refractivity contribution is -0.123. The molecule has 2 atom stereocenters. The van der Waals surface area contributed by atoms with Gasteiger partial charge in [0.15, 0.2) is 5.82 Å². The summed E-state index contributed by atoms with van der Waals surface area (Å²) < 4.78 is 16.2. The van der Waals surface area contributed by atoms with Gasteiger partial charge in [-0.3, -0.25) is 9.69 Å². The van der Waals surface area contributed by atoms with Crippen LogP contribution in [0.1, 0.15) is 38.4 Å². The number of aromatic nitrogens is 2. The van der Waals surface area contributed by atoms with E-state index in [9.17, 15) is 9.18 Å². The summed E-state index contributed by atoms with van der Waals surface area (Å²) in [4.78, 5) is 19.2. The molecule has 2 aliphatic rings. The van der Waals surface area contributed by atoms with Crippen molar-refractivity contribution in [3.8, 4) is 0 Å². The standard InChI is InChI=1S/C21H30FN5O.2ClH/c1-2-27-18-9-3-7-16(22)20(18)25-19(27)14-26-11-5-6-15(13-26)12-24-21(28)17-8-4-10-23-17;;/h3,7,9,15,17,23H,2,4-6,8,10-14H2,1H3,(H,24,28);2*1H. The number of hydrogen-bond acceptors (Lipinski definition) is 4. The molecule has 2 aliphatic heterocycles. The van der Waals surface area contributed by atoms with Crippen LogP contribution in [-0.4, -0.2) is 52.6 Å². The first-order chi connectivity index (χ1) is 13.7. The molecule has 1 amide bonds. The third-order valence-corrected chi connectivity index (χ3v) is 6.03. The third-order valence-electron chi connectivity index (χ3n) is 6.03. The average molecular weight is 460 g/mol. The summed E-state index contributed by atoms with van der Waals surface area (Å²) in [5, 5.41) is 6.38. The Labute approximate surface area is 189 Å². The van der Waals surface area contributed by atoms with E-state index < -0.39 is 0 Å². The van der Waals surface area contributed by atoms with E-state index in [4.69, 9.17) is 0 Å². The fourth-order valence-electron chi connectivity index (χ4n) is 4.57. The Hall–Kier alpha value is -1.41. The third kappa shape index (κ3) is 5.44. The number of halogens is 3. The maximum atomic E-state index is 14.1. The SMILES string of the molecule is CCn1c(CN2CCCC(CNC(=O)C3CCCN3)C2)nc2c(F)cccc21.Cl.Cl. The lowest BCUT2D eigenvalue weighted by Gasteiger charge is -2.32. The maximum absolute atomic E-state index is 14.1. The summed E-state index contributed by atoms with van der Waals surface area (Å²) in [5.74, 6) is 1.25. The number of rotatable bonds is 6. The van der Waals surface area contributed by atoms with Crippen LogP contribution in [0.5, 0.6) is 0 Å². The normalized spacial score (nSPS) is 21.8. The van der Waals surface area contributed by atoms with Gasteiger partial charge in [0.05, 0.1) is 18.1 Å². The van der Waals surface area contributed by atoms with Crippen LogP contribution < -0.4 is 10.6 Å². The molecule has 0 aliphatic carbocycles. The highest BCUT2D eigenvalue weighted by molar-refractivity contribution is 5.85. The summed E-state index contributed by atoms with van der Waals surface area (Å²) >= 11 is 0. The van der Waals surface area contributed by atoms with Gasteiger partial charge in [-0.2, -0.15) is 0 Å². The van der Waals surface area contributed by atoms with Crippen LogP contribution in [0.15, 0.2) is 18.2 Å². The van der Waals surface area contributed by atoms with Crippen LogP contribution in [0.25, 0.3) is 11.0 Å². The molecule has 2 aromatic rings. The van der Waals surface area contributed by atoms with Gasteiger partial charge < -0.3 is 15.2 Å². The van der Waals surface area contributed by atoms with Crippen LogP contribution in [0.2, 0.25) is 0 Å². The Morgan fingerprint density at radius 3 is 2.87 bits per heavy atom. The molecule has 1 aromatic heterocycles. The Kier molecular flexibility index (Phi) is 9.34. The van der Waals surface area contributed by atoms with Crippen molar-refractivity contribution in [2.45, 2.75) is 51.7 Å². The first-order valence-corrected chi connectivity index (χ1v) is 10.5. The number of nitrogens with one attached hydrogen (secondary N) is 2. The molecule has 4 rings (SSSR count). The van der Waals surface area contributed by atoms with E-state index in [0.29, 0.717) is 11.4 Å². The Morgan fingerprint density at radius 2 is 2.13 bits per heavy atom. The molecule has 0 spiro atoms. The molecule has 0 radical (unpaired) electrons. The number of benzene rings is 1. The van der Waals surface area contributed by atoms with E-state index in [0.717, 1.165) is 76.3 Å². The number of amides is 1. The van der Waals surface area contributed by atoms with E-state index >= 15 is 0 Å². The number of carbonyl (C=O) groups is 1. The maximum Gasteiger partial charge on any atom is 0.237 e. The highest BCUT2D eigenvalue weighted by atomic mass is 35.5. The van der Waals surface area contributed by atoms with E-state index in [1.54, 1.807) is 6.07 Å². The van der Waals surface area contributed by atoms with E-state index in [2.05, 4.69) is 32.0 Å². The molecule has 1 aromatic carbocycles. The van der Waals surface area contributed by atoms with Crippen molar-refractivity contribution in [2.24, 2.45) is 5.92 Å². The molecule has 2 fully saturated rings. The predicted molar refractivity (Wildman–Crippen MR) is 122 cm³/mol. The van der Waals surface area contributed by atoms with Crippen LogP contribution >= 0.6 is 24.8 Å². The minimum absolute atomic E-state index is 0. The topological polar surface area (TPSA) is 62.2 Å². The fraction of sp³-hybridized carbons (Fsp3) is 0.619. The summed E-state index contributed by atoms with van der Waals surface area (Å²) in [6.45, 7) is 7.19. The first kappa shape index (κ1) is 24.9. The van der Waals surface area contributed by atoms with Gasteiger partial charge in [-0.25, -0.2) is 9.37 Å². The van der Waals surface area contributed by atoms with Crippen molar-refractivity contribution in [1.82, 2.24) is 25.1 Å². The molecule has 6 nitrogen and oxygen atoms in total. The van der Waals surface area contributed by atoms with Gasteiger partial charge in [0, 0.05) is 19.6 Å². The average Bonchev–Trinajstić information content (AvgIpc) is 3.35. The number of likely N-dealkylation sites (tertiary alicyclic amines) is 1. The highest BCUT2D eigenvalue weighted by Crippen LogP contribution is 2.23. The lowest BCUT2D eigenvalue weighted by atomic mass is 9.98. The summed E-state index contributed by atoms with van der Waals surface area (Å²) in [6.07, 6.45) is 4.26. The Morgan fingerprint density at radius 1 is 1.30 bits per heavy atom. The monoisotopic (exact) mass is 459 g/mol. The molecule has 9 heteroatoms. The number of aryl methyl sites for hydroxylation is 1. The molecule has 2 N–H and O–H groups in total. The Bertz CT molecular complexity index is 840. The molecule has 3 heterocycles. The second-order valence-electron chi connectivity index (χ2n) is 8.02. The van der Waals surface area contributed by atoms with Gasteiger partial charge in [0.25, 0.3) is 0 Å². The van der Waals surface area contributed by atoms with Crippen molar-refractivity contribution in [2.75, 3.05) is 26.2 Å². The highest BCUT2D eigenvalue weighted by Gasteiger charge is 2.25. The minimum Gasteiger partial charge on any atom is -0.354 e. The zero-order valence-corrected chi connectivity index (χ0v) is 19.0. The lowest BCUT2D eigenvalue weighted by Crippen LogP contribution is -2.45. The Balaban J connectivity index is 0.00000160. The van der Waals surface area contributed by atoms with Crippen LogP contribution in [0.4, 0.5) is 4.39 Å². The molecule has 30 heavy (non-hydrogen) atoms. The first-order valence-electron chi connectivity index (χ1n) is 10.5. The summed E-state index contributed by atoms with van der Waals surface area (Å²) in [6, 6.07) is 5.13. The van der Waals surface area contributed by atoms with Crippen LogP contribution in [-0.2, 0) is 17.9 Å². The fourth-order valence-corrected chi connectivity index (χ4v) is 4.57. The van der Waals surface area contributed by atoms with Crippen LogP contribution in [0, 0.1) is 11.7 Å². The van der Waals surface area contributed by atoms with Gasteiger partial charge in [-0.1, -0.05) is 6.07 Å². The molecule has 2 unspecified atom stereocenters. The van der Waals surface area contributed by atoms with Crippen LogP contribution in [0.3, 0.4) is 0 Å². The van der Waals surface area contributed by atoms with E-state index in [1.807, 2.05) is 6.07 Å². The summed E-state index contributed by atoms with van der Waals surface area (Å²) in [7, 11) is 0. The van der Waals surface area contributed by atoms with Crippen molar-refractivity contribution in [3.05, 3.63) is 29.8 Å². The number of piperidine rings is 1. The number of carbonyl (C=O) groups excluding carboxylic acids is 1. The van der Waals surface area contributed by atoms with Gasteiger partial charge >= 0.3 is 0 Å². The molecule has 2 saturated heterocycles. The predicted octanol–water partition coefficient (Wildman–Crippen LogP) is 3.12. The smallest absolute Gasteiger partial charge is 0.237 e. The van der Waals surface area contributed by atoms with Gasteiger partial charge in [0.2, 0.25) is 5.91 Å². The number of imidazole rings is 1. The zero-order chi connectivity index (χ0) is 19.5. The largest absolute Gasteiger partial charge is 0.354 e. The van der Waals surface area contributed by atoms with Crippen molar-refractivity contribution >= 4 is 41.8 Å². The van der Waals surface area contributed by atoms with Crippen molar-refractivity contribution < 1.29 is 9.18 Å². The number of hydrogen-bond donors (Lipinski definition) is 2. The van der Waals surface area contributed by atoms with Gasteiger partial charge in [-0.15, -0.1) is 24.8 Å². The number of fused-ring (bicyclic) bond motifs is 1. The van der Waals surface area contributed by atoms with E-state index in [1.165, 1.54) is 6.07 Å². The molecule has 0 saturated carbocycles.